The van der Waals surface area contributed by atoms with Gasteiger partial charge in [0.1, 0.15) is 18.5 Å². The Morgan fingerprint density at radius 1 is 1.24 bits per heavy atom. The number of carbonyl (C=O) groups is 1. The van der Waals surface area contributed by atoms with E-state index < -0.39 is 6.10 Å². The summed E-state index contributed by atoms with van der Waals surface area (Å²) in [6, 6.07) is 13.4. The molecule has 0 fully saturated rings. The Balaban J connectivity index is 1.51. The highest BCUT2D eigenvalue weighted by molar-refractivity contribution is 5.80. The molecule has 0 saturated carbocycles. The zero-order chi connectivity index (χ0) is 17.8. The van der Waals surface area contributed by atoms with E-state index in [1.165, 1.54) is 0 Å². The van der Waals surface area contributed by atoms with E-state index in [9.17, 15) is 4.79 Å². The molecular weight excluding hydrogens is 318 g/mol. The lowest BCUT2D eigenvalue weighted by atomic mass is 10.1. The third kappa shape index (κ3) is 4.24. The minimum atomic E-state index is -0.585. The maximum Gasteiger partial charge on any atom is 0.260 e. The molecule has 2 aromatic rings. The fraction of sp³-hybridized carbons (Fsp3) is 0.350. The summed E-state index contributed by atoms with van der Waals surface area (Å²) in [6.07, 6.45) is -0.801. The molecule has 0 aromatic heterocycles. The van der Waals surface area contributed by atoms with Gasteiger partial charge in [-0.05, 0) is 44.5 Å². The number of carbonyl (C=O) groups excluding carboxylic acids is 1. The van der Waals surface area contributed by atoms with Crippen molar-refractivity contribution in [2.24, 2.45) is 0 Å². The molecule has 0 bridgehead atoms. The molecule has 1 aliphatic rings. The molecule has 2 atom stereocenters. The molecule has 0 unspecified atom stereocenters. The fourth-order valence-corrected chi connectivity index (χ4v) is 2.70. The predicted octanol–water partition coefficient (Wildman–Crippen LogP) is 3.03. The molecule has 5 heteroatoms. The van der Waals surface area contributed by atoms with Gasteiger partial charge in [0, 0.05) is 0 Å². The molecule has 1 aliphatic heterocycles. The molecular formula is C20H23NO4. The lowest BCUT2D eigenvalue weighted by Crippen LogP contribution is -2.44. The van der Waals surface area contributed by atoms with Gasteiger partial charge >= 0.3 is 0 Å². The van der Waals surface area contributed by atoms with Crippen LogP contribution in [0.5, 0.6) is 17.2 Å². The lowest BCUT2D eigenvalue weighted by molar-refractivity contribution is -0.127. The number of hydrogen-bond donors (Lipinski definition) is 1. The number of nitrogens with one attached hydrogen (secondary N) is 1. The molecule has 0 spiro atoms. The molecule has 1 N–H and O–H groups in total. The van der Waals surface area contributed by atoms with E-state index in [2.05, 4.69) is 5.32 Å². The van der Waals surface area contributed by atoms with Gasteiger partial charge in [-0.3, -0.25) is 4.79 Å². The number of hydrogen-bond acceptors (Lipinski definition) is 4. The normalized spacial score (nSPS) is 16.8. The standard InChI is InChI=1S/C20H23NO4/c1-13-8-9-17(14(2)10-13)24-15(3)20(22)21-11-16-12-23-18-6-4-5-7-19(18)25-16/h4-10,15-16H,11-12H2,1-3H3,(H,21,22)/t15-,16+/m1/s1. The van der Waals surface area contributed by atoms with Gasteiger partial charge in [0.15, 0.2) is 17.6 Å². The second-order valence-electron chi connectivity index (χ2n) is 6.27. The Kier molecular flexibility index (Phi) is 5.12. The van der Waals surface area contributed by atoms with Crippen molar-refractivity contribution < 1.29 is 19.0 Å². The molecule has 2 aromatic carbocycles. The van der Waals surface area contributed by atoms with Crippen molar-refractivity contribution in [2.75, 3.05) is 13.2 Å². The molecule has 0 radical (unpaired) electrons. The number of rotatable bonds is 5. The quantitative estimate of drug-likeness (QED) is 0.908. The first-order valence-electron chi connectivity index (χ1n) is 8.43. The van der Waals surface area contributed by atoms with Crippen LogP contribution in [0.3, 0.4) is 0 Å². The van der Waals surface area contributed by atoms with Crippen LogP contribution in [0.15, 0.2) is 42.5 Å². The van der Waals surface area contributed by atoms with Crippen LogP contribution < -0.4 is 19.5 Å². The third-order valence-corrected chi connectivity index (χ3v) is 4.07. The summed E-state index contributed by atoms with van der Waals surface area (Å²) in [5.41, 5.74) is 2.18. The monoisotopic (exact) mass is 341 g/mol. The first kappa shape index (κ1) is 17.1. The summed E-state index contributed by atoms with van der Waals surface area (Å²) in [4.78, 5) is 12.3. The average Bonchev–Trinajstić information content (AvgIpc) is 2.61. The summed E-state index contributed by atoms with van der Waals surface area (Å²) in [5, 5.41) is 2.87. The molecule has 1 heterocycles. The summed E-state index contributed by atoms with van der Waals surface area (Å²) in [5.74, 6) is 1.98. The van der Waals surface area contributed by atoms with Gasteiger partial charge in [-0.2, -0.15) is 0 Å². The van der Waals surface area contributed by atoms with Crippen LogP contribution in [-0.4, -0.2) is 31.3 Å². The predicted molar refractivity (Wildman–Crippen MR) is 95.4 cm³/mol. The number of ether oxygens (including phenoxy) is 3. The van der Waals surface area contributed by atoms with Gasteiger partial charge in [0.2, 0.25) is 0 Å². The Morgan fingerprint density at radius 2 is 2.00 bits per heavy atom. The fourth-order valence-electron chi connectivity index (χ4n) is 2.70. The van der Waals surface area contributed by atoms with Gasteiger partial charge in [-0.1, -0.05) is 29.8 Å². The first-order valence-corrected chi connectivity index (χ1v) is 8.43. The molecule has 0 saturated heterocycles. The van der Waals surface area contributed by atoms with Gasteiger partial charge < -0.3 is 19.5 Å². The molecule has 3 rings (SSSR count). The smallest absolute Gasteiger partial charge is 0.260 e. The van der Waals surface area contributed by atoms with E-state index >= 15 is 0 Å². The van der Waals surface area contributed by atoms with Crippen molar-refractivity contribution >= 4 is 5.91 Å². The zero-order valence-corrected chi connectivity index (χ0v) is 14.7. The minimum Gasteiger partial charge on any atom is -0.486 e. The van der Waals surface area contributed by atoms with E-state index in [-0.39, 0.29) is 12.0 Å². The maximum absolute atomic E-state index is 12.3. The van der Waals surface area contributed by atoms with E-state index in [1.54, 1.807) is 6.92 Å². The zero-order valence-electron chi connectivity index (χ0n) is 14.7. The number of benzene rings is 2. The lowest BCUT2D eigenvalue weighted by Gasteiger charge is -2.27. The van der Waals surface area contributed by atoms with Crippen molar-refractivity contribution in [3.63, 3.8) is 0 Å². The Hall–Kier alpha value is -2.69. The second-order valence-corrected chi connectivity index (χ2v) is 6.27. The molecule has 25 heavy (non-hydrogen) atoms. The van der Waals surface area contributed by atoms with Crippen LogP contribution in [0.2, 0.25) is 0 Å². The van der Waals surface area contributed by atoms with Crippen LogP contribution in [0.4, 0.5) is 0 Å². The number of aryl methyl sites for hydroxylation is 2. The number of amides is 1. The van der Waals surface area contributed by atoms with Crippen LogP contribution >= 0.6 is 0 Å². The molecule has 132 valence electrons. The Labute approximate surface area is 147 Å². The summed E-state index contributed by atoms with van der Waals surface area (Å²) in [7, 11) is 0. The molecule has 5 nitrogen and oxygen atoms in total. The van der Waals surface area contributed by atoms with Gasteiger partial charge in [-0.25, -0.2) is 0 Å². The van der Waals surface area contributed by atoms with Gasteiger partial charge in [-0.15, -0.1) is 0 Å². The van der Waals surface area contributed by atoms with Crippen LogP contribution in [0, 0.1) is 13.8 Å². The average molecular weight is 341 g/mol. The van der Waals surface area contributed by atoms with Crippen LogP contribution in [0.1, 0.15) is 18.1 Å². The Morgan fingerprint density at radius 3 is 2.76 bits per heavy atom. The topological polar surface area (TPSA) is 56.8 Å². The van der Waals surface area contributed by atoms with Crippen LogP contribution in [-0.2, 0) is 4.79 Å². The van der Waals surface area contributed by atoms with Gasteiger partial charge in [0.05, 0.1) is 6.54 Å². The van der Waals surface area contributed by atoms with E-state index in [0.717, 1.165) is 22.6 Å². The van der Waals surface area contributed by atoms with E-state index in [4.69, 9.17) is 14.2 Å². The maximum atomic E-state index is 12.3. The largest absolute Gasteiger partial charge is 0.486 e. The van der Waals surface area contributed by atoms with E-state index in [1.807, 2.05) is 56.3 Å². The third-order valence-electron chi connectivity index (χ3n) is 4.07. The minimum absolute atomic E-state index is 0.178. The SMILES string of the molecule is Cc1ccc(O[C@H](C)C(=O)NC[C@H]2COc3ccccc3O2)c(C)c1. The van der Waals surface area contributed by atoms with Crippen molar-refractivity contribution in [3.05, 3.63) is 53.6 Å². The second kappa shape index (κ2) is 7.47. The summed E-state index contributed by atoms with van der Waals surface area (Å²) >= 11 is 0. The van der Waals surface area contributed by atoms with Crippen molar-refractivity contribution in [2.45, 2.75) is 33.0 Å². The summed E-state index contributed by atoms with van der Waals surface area (Å²) < 4.78 is 17.2. The van der Waals surface area contributed by atoms with Crippen molar-refractivity contribution in [3.8, 4) is 17.2 Å². The highest BCUT2D eigenvalue weighted by Gasteiger charge is 2.23. The van der Waals surface area contributed by atoms with Gasteiger partial charge in [0.25, 0.3) is 5.91 Å². The van der Waals surface area contributed by atoms with Crippen molar-refractivity contribution in [1.82, 2.24) is 5.32 Å². The molecule has 1 amide bonds. The highest BCUT2D eigenvalue weighted by Crippen LogP contribution is 2.30. The van der Waals surface area contributed by atoms with Crippen LogP contribution in [0.25, 0.3) is 0 Å². The highest BCUT2D eigenvalue weighted by atomic mass is 16.6. The van der Waals surface area contributed by atoms with E-state index in [0.29, 0.717) is 18.9 Å². The summed E-state index contributed by atoms with van der Waals surface area (Å²) in [6.45, 7) is 6.51. The van der Waals surface area contributed by atoms with Crippen molar-refractivity contribution in [1.29, 1.82) is 0 Å². The molecule has 0 aliphatic carbocycles. The number of para-hydroxylation sites is 2. The Bertz CT molecular complexity index is 759. The number of fused-ring (bicyclic) bond motifs is 1. The first-order chi connectivity index (χ1) is 12.0.